The molecule has 0 amide bonds. The van der Waals surface area contributed by atoms with E-state index in [0.29, 0.717) is 24.8 Å². The number of halogens is 2. The van der Waals surface area contributed by atoms with Crippen molar-refractivity contribution < 1.29 is 32.0 Å². The largest absolute Gasteiger partial charge is 0.396 e. The molecule has 48 heavy (non-hydrogen) atoms. The Kier molecular flexibility index (Phi) is 13.0. The van der Waals surface area contributed by atoms with Crippen LogP contribution in [-0.4, -0.2) is 120 Å². The summed E-state index contributed by atoms with van der Waals surface area (Å²) in [6.45, 7) is 6.91. The van der Waals surface area contributed by atoms with Gasteiger partial charge in [0.2, 0.25) is 6.04 Å². The number of sulfone groups is 1. The van der Waals surface area contributed by atoms with Gasteiger partial charge < -0.3 is 9.84 Å². The zero-order valence-corrected chi connectivity index (χ0v) is 30.3. The lowest BCUT2D eigenvalue weighted by molar-refractivity contribution is -0.536. The molecule has 3 aliphatic heterocycles. The first-order valence-corrected chi connectivity index (χ1v) is 20.2. The lowest BCUT2D eigenvalue weighted by Gasteiger charge is -2.50. The van der Waals surface area contributed by atoms with Gasteiger partial charge in [0.25, 0.3) is 0 Å². The van der Waals surface area contributed by atoms with Crippen LogP contribution in [0.3, 0.4) is 0 Å². The maximum atomic E-state index is 16.0. The Morgan fingerprint density at radius 1 is 1.08 bits per heavy atom. The number of nitrogens with one attached hydrogen (secondary N) is 5. The maximum absolute atomic E-state index is 16.0. The summed E-state index contributed by atoms with van der Waals surface area (Å²) < 4.78 is 63.9. The monoisotopic (exact) mass is 725 g/mol. The predicted octanol–water partition coefficient (Wildman–Crippen LogP) is 2.00. The van der Waals surface area contributed by atoms with E-state index in [1.54, 1.807) is 7.11 Å². The number of rotatable bonds is 12. The molecule has 13 nitrogen and oxygen atoms in total. The van der Waals surface area contributed by atoms with Gasteiger partial charge in [-0.1, -0.05) is 0 Å². The van der Waals surface area contributed by atoms with Crippen molar-refractivity contribution in [2.75, 3.05) is 26.8 Å². The fourth-order valence-corrected chi connectivity index (χ4v) is 12.4. The van der Waals surface area contributed by atoms with E-state index in [9.17, 15) is 23.6 Å². The number of nitrogens with zero attached hydrogens (tertiary/aromatic N) is 2. The zero-order chi connectivity index (χ0) is 34.8. The van der Waals surface area contributed by atoms with Crippen LogP contribution in [0.15, 0.2) is 0 Å². The number of nitro groups is 1. The first-order valence-electron chi connectivity index (χ1n) is 17.7. The molecule has 0 aromatic carbocycles. The number of piperidine rings is 1. The highest BCUT2D eigenvalue weighted by Gasteiger charge is 2.55. The van der Waals surface area contributed by atoms with Crippen LogP contribution in [0.5, 0.6) is 0 Å². The molecule has 278 valence electrons. The molecule has 3 heterocycles. The quantitative estimate of drug-likeness (QED) is 0.128. The molecule has 0 aromatic rings. The Bertz CT molecular complexity index is 1190. The standard InChI is InChI=1S/C31H57F2N7O6S2/c1-18-16-25(38-37-18)34-28-27(46-4)29(39-13-10-19(11-14-39)12-15-41)36-30(35-28)47-24-9-8-20(17-22(24)32)48(44,45)31(2,3)21-6-5-7-23(26(21)33)40(42)43/h18-30,34-38,41H,5-17H2,1-4H3. The van der Waals surface area contributed by atoms with E-state index in [0.717, 1.165) is 38.8 Å². The van der Waals surface area contributed by atoms with E-state index in [4.69, 9.17) is 4.74 Å². The Morgan fingerprint density at radius 2 is 1.81 bits per heavy atom. The minimum Gasteiger partial charge on any atom is -0.396 e. The van der Waals surface area contributed by atoms with E-state index >= 15 is 8.78 Å². The van der Waals surface area contributed by atoms with Crippen LogP contribution in [0.1, 0.15) is 85.0 Å². The Labute approximate surface area is 288 Å². The van der Waals surface area contributed by atoms with Gasteiger partial charge >= 0.3 is 0 Å². The molecule has 0 radical (unpaired) electrons. The van der Waals surface area contributed by atoms with Crippen molar-refractivity contribution in [3.63, 3.8) is 0 Å². The van der Waals surface area contributed by atoms with Crippen LogP contribution >= 0.6 is 11.8 Å². The van der Waals surface area contributed by atoms with E-state index in [-0.39, 0.29) is 62.4 Å². The van der Waals surface area contributed by atoms with E-state index < -0.39 is 54.3 Å². The fraction of sp³-hybridized carbons (Fsp3) is 1.00. The molecule has 3 saturated heterocycles. The second-order valence-electron chi connectivity index (χ2n) is 15.1. The molecule has 17 heteroatoms. The van der Waals surface area contributed by atoms with Crippen molar-refractivity contribution in [3.05, 3.63) is 10.1 Å². The minimum atomic E-state index is -4.01. The van der Waals surface area contributed by atoms with Gasteiger partial charge in [0, 0.05) is 42.3 Å². The van der Waals surface area contributed by atoms with Crippen LogP contribution in [0, 0.1) is 22.0 Å². The lowest BCUT2D eigenvalue weighted by Crippen LogP contribution is -2.75. The van der Waals surface area contributed by atoms with Gasteiger partial charge in [0.15, 0.2) is 16.0 Å². The van der Waals surface area contributed by atoms with Crippen LogP contribution in [0.25, 0.3) is 0 Å². The summed E-state index contributed by atoms with van der Waals surface area (Å²) >= 11 is 1.43. The number of aliphatic hydroxyl groups excluding tert-OH is 1. The highest BCUT2D eigenvalue weighted by atomic mass is 32.2. The summed E-state index contributed by atoms with van der Waals surface area (Å²) in [5, 5.41) is 30.4. The van der Waals surface area contributed by atoms with Gasteiger partial charge in [-0.2, -0.15) is 0 Å². The SMILES string of the molecule is COC1C(NC2CC(C)NN2)NC(SC2CCC(S(=O)(=O)C(C)(C)C3CCCC([N+](=O)[O-])C3F)CC2F)NC1N1CCC(CCO)CC1. The Morgan fingerprint density at radius 3 is 2.42 bits per heavy atom. The molecule has 0 aromatic heterocycles. The summed E-state index contributed by atoms with van der Waals surface area (Å²) in [7, 11) is -2.31. The Balaban J connectivity index is 1.25. The van der Waals surface area contributed by atoms with Crippen molar-refractivity contribution in [1.82, 2.24) is 31.7 Å². The van der Waals surface area contributed by atoms with E-state index in [1.807, 2.05) is 0 Å². The summed E-state index contributed by atoms with van der Waals surface area (Å²) in [4.78, 5) is 13.2. The molecule has 5 fully saturated rings. The number of hydrogen-bond donors (Lipinski definition) is 6. The molecular weight excluding hydrogens is 669 g/mol. The van der Waals surface area contributed by atoms with Gasteiger partial charge in [-0.25, -0.2) is 22.6 Å². The van der Waals surface area contributed by atoms with Crippen molar-refractivity contribution in [2.24, 2.45) is 11.8 Å². The molecule has 6 N–H and O–H groups in total. The number of aliphatic hydroxyl groups is 1. The normalized spacial score (nSPS) is 41.0. The number of hydrazine groups is 1. The molecular formula is C31H57F2N7O6S2. The summed E-state index contributed by atoms with van der Waals surface area (Å²) in [6, 6.07) is -1.12. The lowest BCUT2D eigenvalue weighted by atomic mass is 9.77. The van der Waals surface area contributed by atoms with Crippen molar-refractivity contribution in [2.45, 2.75) is 155 Å². The fourth-order valence-electron chi connectivity index (χ4n) is 8.67. The zero-order valence-electron chi connectivity index (χ0n) is 28.7. The predicted molar refractivity (Wildman–Crippen MR) is 182 cm³/mol. The van der Waals surface area contributed by atoms with E-state index in [1.165, 1.54) is 25.6 Å². The average molecular weight is 726 g/mol. The van der Waals surface area contributed by atoms with Crippen molar-refractivity contribution in [1.29, 1.82) is 0 Å². The van der Waals surface area contributed by atoms with Gasteiger partial charge in [-0.05, 0) is 97.6 Å². The topological polar surface area (TPSA) is 170 Å². The first-order chi connectivity index (χ1) is 22.8. The average Bonchev–Trinajstić information content (AvgIpc) is 3.46. The molecule has 5 rings (SSSR count). The second kappa shape index (κ2) is 16.3. The van der Waals surface area contributed by atoms with Gasteiger partial charge in [0.05, 0.1) is 28.5 Å². The summed E-state index contributed by atoms with van der Waals surface area (Å²) in [6.07, 6.45) is 0.816. The molecule has 0 bridgehead atoms. The maximum Gasteiger partial charge on any atom is 0.244 e. The van der Waals surface area contributed by atoms with Crippen LogP contribution < -0.4 is 26.8 Å². The summed E-state index contributed by atoms with van der Waals surface area (Å²) in [5.41, 5.74) is 6.18. The van der Waals surface area contributed by atoms with Gasteiger partial charge in [0.1, 0.15) is 17.8 Å². The van der Waals surface area contributed by atoms with Crippen LogP contribution in [0.2, 0.25) is 0 Å². The number of methoxy groups -OCH3 is 1. The van der Waals surface area contributed by atoms with Crippen LogP contribution in [-0.2, 0) is 14.6 Å². The number of likely N-dealkylation sites (tertiary alicyclic amines) is 1. The molecule has 12 unspecified atom stereocenters. The smallest absolute Gasteiger partial charge is 0.244 e. The molecule has 0 spiro atoms. The highest BCUT2D eigenvalue weighted by Crippen LogP contribution is 2.45. The third-order valence-corrected chi connectivity index (χ3v) is 16.2. The second-order valence-corrected chi connectivity index (χ2v) is 19.2. The van der Waals surface area contributed by atoms with Crippen molar-refractivity contribution >= 4 is 21.6 Å². The summed E-state index contributed by atoms with van der Waals surface area (Å²) in [5.74, 6) is -0.528. The van der Waals surface area contributed by atoms with Gasteiger partial charge in [-0.15, -0.1) is 11.8 Å². The number of alkyl halides is 2. The number of ether oxygens (including phenoxy) is 1. The molecule has 2 saturated carbocycles. The third-order valence-electron chi connectivity index (χ3n) is 11.7. The minimum absolute atomic E-state index is 0.00137. The van der Waals surface area contributed by atoms with Gasteiger partial charge in [-0.3, -0.25) is 36.4 Å². The first kappa shape index (κ1) is 38.5. The molecule has 12 atom stereocenters. The Hall–Kier alpha value is -0.760. The van der Waals surface area contributed by atoms with Crippen molar-refractivity contribution in [3.8, 4) is 0 Å². The number of thioether (sulfide) groups is 1. The molecule has 2 aliphatic carbocycles. The van der Waals surface area contributed by atoms with E-state index in [2.05, 4.69) is 38.6 Å². The third kappa shape index (κ3) is 8.31. The van der Waals surface area contributed by atoms with Crippen LogP contribution in [0.4, 0.5) is 8.78 Å². The number of hydrogen-bond acceptors (Lipinski definition) is 13. The molecule has 5 aliphatic rings. The highest BCUT2D eigenvalue weighted by molar-refractivity contribution is 8.00.